The quantitative estimate of drug-likeness (QED) is 0.637. The van der Waals surface area contributed by atoms with E-state index in [0.717, 1.165) is 11.1 Å². The largest absolute Gasteiger partial charge is 0.507 e. The molecule has 0 radical (unpaired) electrons. The normalized spacial score (nSPS) is 11.1. The minimum Gasteiger partial charge on any atom is -0.507 e. The van der Waals surface area contributed by atoms with Crippen LogP contribution in [0.5, 0.6) is 5.75 Å². The number of imidazole rings is 1. The number of fused-ring (bicyclic) bond motifs is 1. The Hall–Kier alpha value is -2.27. The molecule has 3 aromatic rings. The molecular weight excluding hydrogens is 264 g/mol. The van der Waals surface area contributed by atoms with E-state index in [0.29, 0.717) is 27.9 Å². The van der Waals surface area contributed by atoms with Crippen molar-refractivity contribution in [3.05, 3.63) is 34.9 Å². The Morgan fingerprint density at radius 3 is 2.79 bits per heavy atom. The van der Waals surface area contributed by atoms with Gasteiger partial charge >= 0.3 is 0 Å². The van der Waals surface area contributed by atoms with Crippen LogP contribution in [0.2, 0.25) is 5.02 Å². The highest BCUT2D eigenvalue weighted by atomic mass is 35.5. The summed E-state index contributed by atoms with van der Waals surface area (Å²) in [4.78, 5) is 11.4. The van der Waals surface area contributed by atoms with Crippen LogP contribution in [0.4, 0.5) is 5.95 Å². The molecule has 0 amide bonds. The number of aryl methyl sites for hydroxylation is 1. The second kappa shape index (κ2) is 4.13. The van der Waals surface area contributed by atoms with Crippen LogP contribution in [-0.4, -0.2) is 20.1 Å². The van der Waals surface area contributed by atoms with E-state index in [1.165, 1.54) is 6.07 Å². The topological polar surface area (TPSA) is 87.8 Å². The summed E-state index contributed by atoms with van der Waals surface area (Å²) in [6.07, 6.45) is 0. The number of aromatic amines is 1. The first-order valence-electron chi connectivity index (χ1n) is 5.66. The van der Waals surface area contributed by atoms with Crippen molar-refractivity contribution in [2.24, 2.45) is 0 Å². The number of aromatic nitrogens is 3. The number of nitrogens with one attached hydrogen (secondary N) is 1. The molecule has 0 unspecified atom stereocenters. The standard InChI is InChI=1S/C13H11ClN4O/c1-6-4-7(14)5-10(19)11(6)8-2-3-9-12(16-8)18-13(15)17-9/h2-5,19H,1H3,(H3,15,16,17,18). The Morgan fingerprint density at radius 2 is 2.05 bits per heavy atom. The number of benzene rings is 1. The number of H-pyrrole nitrogens is 1. The van der Waals surface area contributed by atoms with E-state index in [9.17, 15) is 5.11 Å². The summed E-state index contributed by atoms with van der Waals surface area (Å²) in [6.45, 7) is 1.87. The summed E-state index contributed by atoms with van der Waals surface area (Å²) in [5.41, 5.74) is 8.98. The molecule has 2 aromatic heterocycles. The number of phenolic OH excluding ortho intramolecular Hbond substituents is 1. The van der Waals surface area contributed by atoms with Gasteiger partial charge in [-0.2, -0.15) is 4.98 Å². The first kappa shape index (κ1) is 11.8. The Morgan fingerprint density at radius 1 is 1.26 bits per heavy atom. The van der Waals surface area contributed by atoms with E-state index in [1.807, 2.05) is 13.0 Å². The predicted molar refractivity (Wildman–Crippen MR) is 75.1 cm³/mol. The zero-order valence-corrected chi connectivity index (χ0v) is 10.9. The zero-order valence-electron chi connectivity index (χ0n) is 10.1. The molecule has 0 atom stereocenters. The number of nitrogens with two attached hydrogens (primary N) is 1. The van der Waals surface area contributed by atoms with Crippen molar-refractivity contribution in [2.75, 3.05) is 5.73 Å². The lowest BCUT2D eigenvalue weighted by Gasteiger charge is -2.08. The maximum Gasteiger partial charge on any atom is 0.200 e. The highest BCUT2D eigenvalue weighted by Gasteiger charge is 2.12. The van der Waals surface area contributed by atoms with Crippen LogP contribution in [0.25, 0.3) is 22.4 Å². The zero-order chi connectivity index (χ0) is 13.6. The minimum atomic E-state index is 0.0976. The van der Waals surface area contributed by atoms with Crippen LogP contribution in [-0.2, 0) is 0 Å². The number of halogens is 1. The molecule has 5 nitrogen and oxygen atoms in total. The van der Waals surface area contributed by atoms with Crippen molar-refractivity contribution in [3.63, 3.8) is 0 Å². The summed E-state index contributed by atoms with van der Waals surface area (Å²) in [5.74, 6) is 0.414. The average molecular weight is 275 g/mol. The van der Waals surface area contributed by atoms with Gasteiger partial charge in [0, 0.05) is 10.6 Å². The average Bonchev–Trinajstić information content (AvgIpc) is 2.67. The molecule has 0 fully saturated rings. The van der Waals surface area contributed by atoms with E-state index in [2.05, 4.69) is 15.0 Å². The lowest BCUT2D eigenvalue weighted by atomic mass is 10.0. The molecule has 0 spiro atoms. The fourth-order valence-corrected chi connectivity index (χ4v) is 2.38. The van der Waals surface area contributed by atoms with Crippen LogP contribution < -0.4 is 5.73 Å². The van der Waals surface area contributed by atoms with Gasteiger partial charge in [0.25, 0.3) is 0 Å². The number of rotatable bonds is 1. The van der Waals surface area contributed by atoms with Crippen LogP contribution in [0.3, 0.4) is 0 Å². The number of aromatic hydroxyl groups is 1. The Balaban J connectivity index is 2.24. The van der Waals surface area contributed by atoms with Crippen molar-refractivity contribution in [1.29, 1.82) is 0 Å². The van der Waals surface area contributed by atoms with Crippen molar-refractivity contribution in [1.82, 2.24) is 15.0 Å². The Labute approximate surface area is 114 Å². The third-order valence-electron chi connectivity index (χ3n) is 2.90. The lowest BCUT2D eigenvalue weighted by Crippen LogP contribution is -1.89. The maximum atomic E-state index is 10.0. The second-order valence-electron chi connectivity index (χ2n) is 4.31. The molecule has 0 bridgehead atoms. The van der Waals surface area contributed by atoms with E-state index in [4.69, 9.17) is 17.3 Å². The lowest BCUT2D eigenvalue weighted by molar-refractivity contribution is 0.477. The van der Waals surface area contributed by atoms with Gasteiger partial charge in [0.15, 0.2) is 11.6 Å². The molecule has 6 heteroatoms. The molecule has 0 aliphatic carbocycles. The Bertz CT molecular complexity index is 758. The van der Waals surface area contributed by atoms with Crippen molar-refractivity contribution < 1.29 is 5.11 Å². The Kier molecular flexibility index (Phi) is 2.57. The highest BCUT2D eigenvalue weighted by molar-refractivity contribution is 6.31. The summed E-state index contributed by atoms with van der Waals surface area (Å²) in [5, 5.41) is 10.5. The van der Waals surface area contributed by atoms with E-state index in [-0.39, 0.29) is 5.75 Å². The summed E-state index contributed by atoms with van der Waals surface area (Å²) in [7, 11) is 0. The van der Waals surface area contributed by atoms with Gasteiger partial charge in [0.2, 0.25) is 0 Å². The van der Waals surface area contributed by atoms with Gasteiger partial charge in [-0.3, -0.25) is 0 Å². The van der Waals surface area contributed by atoms with Crippen molar-refractivity contribution in [2.45, 2.75) is 6.92 Å². The van der Waals surface area contributed by atoms with Gasteiger partial charge in [-0.1, -0.05) is 11.6 Å². The second-order valence-corrected chi connectivity index (χ2v) is 4.74. The summed E-state index contributed by atoms with van der Waals surface area (Å²) < 4.78 is 0. The first-order valence-corrected chi connectivity index (χ1v) is 6.04. The van der Waals surface area contributed by atoms with Crippen LogP contribution in [0, 0.1) is 6.92 Å². The molecule has 0 aliphatic heterocycles. The van der Waals surface area contributed by atoms with Gasteiger partial charge in [-0.05, 0) is 36.8 Å². The highest BCUT2D eigenvalue weighted by Crippen LogP contribution is 2.34. The molecule has 19 heavy (non-hydrogen) atoms. The third kappa shape index (κ3) is 1.98. The monoisotopic (exact) mass is 274 g/mol. The number of pyridine rings is 1. The number of nitrogen functional groups attached to an aromatic ring is 1. The summed E-state index contributed by atoms with van der Waals surface area (Å²) >= 11 is 5.89. The molecular formula is C13H11ClN4O. The SMILES string of the molecule is Cc1cc(Cl)cc(O)c1-c1ccc2[nH]c(N)nc2n1. The van der Waals surface area contributed by atoms with Gasteiger partial charge in [0.1, 0.15) is 5.75 Å². The number of nitrogens with zero attached hydrogens (tertiary/aromatic N) is 2. The third-order valence-corrected chi connectivity index (χ3v) is 3.12. The molecule has 4 N–H and O–H groups in total. The number of hydrogen-bond acceptors (Lipinski definition) is 4. The van der Waals surface area contributed by atoms with Gasteiger partial charge < -0.3 is 15.8 Å². The number of phenols is 1. The first-order chi connectivity index (χ1) is 9.04. The van der Waals surface area contributed by atoms with Gasteiger partial charge in [-0.15, -0.1) is 0 Å². The van der Waals surface area contributed by atoms with Crippen LogP contribution in [0.1, 0.15) is 5.56 Å². The van der Waals surface area contributed by atoms with E-state index < -0.39 is 0 Å². The predicted octanol–water partition coefficient (Wildman–Crippen LogP) is 2.87. The van der Waals surface area contributed by atoms with E-state index in [1.54, 1.807) is 12.1 Å². The minimum absolute atomic E-state index is 0.0976. The number of anilines is 1. The van der Waals surface area contributed by atoms with Crippen LogP contribution >= 0.6 is 11.6 Å². The molecule has 96 valence electrons. The molecule has 1 aromatic carbocycles. The van der Waals surface area contributed by atoms with Crippen molar-refractivity contribution in [3.8, 4) is 17.0 Å². The fourth-order valence-electron chi connectivity index (χ4n) is 2.11. The van der Waals surface area contributed by atoms with Gasteiger partial charge in [0.05, 0.1) is 11.2 Å². The fraction of sp³-hybridized carbons (Fsp3) is 0.0769. The molecule has 0 aliphatic rings. The smallest absolute Gasteiger partial charge is 0.200 e. The molecule has 2 heterocycles. The van der Waals surface area contributed by atoms with Gasteiger partial charge in [-0.25, -0.2) is 4.98 Å². The molecule has 0 saturated heterocycles. The number of hydrogen-bond donors (Lipinski definition) is 3. The van der Waals surface area contributed by atoms with Crippen molar-refractivity contribution >= 4 is 28.7 Å². The van der Waals surface area contributed by atoms with E-state index >= 15 is 0 Å². The molecule has 3 rings (SSSR count). The van der Waals surface area contributed by atoms with Crippen LogP contribution in [0.15, 0.2) is 24.3 Å². The maximum absolute atomic E-state index is 10.0. The molecule has 0 saturated carbocycles. The summed E-state index contributed by atoms with van der Waals surface area (Å²) in [6, 6.07) is 6.90.